The maximum atomic E-state index is 14.0. The summed E-state index contributed by atoms with van der Waals surface area (Å²) in [5.74, 6) is -1.49. The van der Waals surface area contributed by atoms with Gasteiger partial charge in [-0.25, -0.2) is 0 Å². The molecule has 7 nitrogen and oxygen atoms in total. The summed E-state index contributed by atoms with van der Waals surface area (Å²) in [7, 11) is 0. The summed E-state index contributed by atoms with van der Waals surface area (Å²) in [6.07, 6.45) is 5.05. The van der Waals surface area contributed by atoms with E-state index in [1.165, 1.54) is 0 Å². The van der Waals surface area contributed by atoms with E-state index >= 15 is 0 Å². The van der Waals surface area contributed by atoms with Crippen molar-refractivity contribution in [1.82, 2.24) is 15.5 Å². The zero-order valence-corrected chi connectivity index (χ0v) is 21.9. The third-order valence-corrected chi connectivity index (χ3v) is 10.2. The molecule has 6 atom stereocenters. The normalized spacial score (nSPS) is 31.9. The lowest BCUT2D eigenvalue weighted by molar-refractivity contribution is -0.143. The number of aliphatic hydroxyl groups excluding tert-OH is 1. The maximum Gasteiger partial charge on any atom is 0.244 e. The first kappa shape index (κ1) is 26.0. The van der Waals surface area contributed by atoms with Crippen LogP contribution in [0.3, 0.4) is 0 Å². The Morgan fingerprint density at radius 1 is 1.14 bits per heavy atom. The number of carbonyl (C=O) groups excluding carboxylic acids is 3. The van der Waals surface area contributed by atoms with Crippen LogP contribution in [-0.2, 0) is 20.9 Å². The molecule has 3 N–H and O–H groups in total. The van der Waals surface area contributed by atoms with Gasteiger partial charge in [-0.3, -0.25) is 14.4 Å². The summed E-state index contributed by atoms with van der Waals surface area (Å²) in [6.45, 7) is 6.90. The van der Waals surface area contributed by atoms with Crippen LogP contribution in [0.15, 0.2) is 30.3 Å². The van der Waals surface area contributed by atoms with E-state index in [0.717, 1.165) is 37.7 Å². The minimum atomic E-state index is -0.669. The molecule has 3 heterocycles. The standard InChI is InChI=1S/C27H39N3O4S/c1-4-6-10-15-28-24(33)22-27-14-13-26(3,35-27)20(21(27)25(34)30(22)19(5-2)17-31)23(32)29-16-18-11-8-7-9-12-18/h7-9,11-12,19-22,31H,4-6,10,13-17H2,1-3H3,(H,28,33)(H,29,32)/t19-,20+,21-,22?,26-,27?/m0/s1. The molecule has 192 valence electrons. The third-order valence-electron chi connectivity index (χ3n) is 8.21. The lowest BCUT2D eigenvalue weighted by atomic mass is 9.66. The van der Waals surface area contributed by atoms with Crippen LogP contribution < -0.4 is 10.6 Å². The predicted octanol–water partition coefficient (Wildman–Crippen LogP) is 2.86. The minimum absolute atomic E-state index is 0.121. The number of nitrogens with one attached hydrogen (secondary N) is 2. The van der Waals surface area contributed by atoms with Gasteiger partial charge >= 0.3 is 0 Å². The van der Waals surface area contributed by atoms with E-state index in [4.69, 9.17) is 0 Å². The van der Waals surface area contributed by atoms with E-state index in [2.05, 4.69) is 24.5 Å². The van der Waals surface area contributed by atoms with Gasteiger partial charge in [0.1, 0.15) is 6.04 Å². The maximum absolute atomic E-state index is 14.0. The van der Waals surface area contributed by atoms with Crippen LogP contribution in [0.2, 0.25) is 0 Å². The number of thioether (sulfide) groups is 1. The van der Waals surface area contributed by atoms with Crippen LogP contribution >= 0.6 is 11.8 Å². The number of unbranched alkanes of at least 4 members (excludes halogenated alkanes) is 2. The first-order valence-electron chi connectivity index (χ1n) is 13.1. The van der Waals surface area contributed by atoms with E-state index in [1.54, 1.807) is 16.7 Å². The lowest BCUT2D eigenvalue weighted by Crippen LogP contribution is -2.56. The number of carbonyl (C=O) groups is 3. The van der Waals surface area contributed by atoms with E-state index in [-0.39, 0.29) is 24.3 Å². The molecule has 3 aliphatic rings. The monoisotopic (exact) mass is 501 g/mol. The Morgan fingerprint density at radius 2 is 1.89 bits per heavy atom. The van der Waals surface area contributed by atoms with Gasteiger partial charge < -0.3 is 20.6 Å². The van der Waals surface area contributed by atoms with Crippen LogP contribution in [0.4, 0.5) is 0 Å². The average Bonchev–Trinajstić information content (AvgIpc) is 3.43. The average molecular weight is 502 g/mol. The molecule has 2 unspecified atom stereocenters. The van der Waals surface area contributed by atoms with Crippen LogP contribution in [0, 0.1) is 11.8 Å². The first-order valence-corrected chi connectivity index (χ1v) is 13.9. The number of likely N-dealkylation sites (tertiary alicyclic amines) is 1. The molecule has 0 saturated carbocycles. The summed E-state index contributed by atoms with van der Waals surface area (Å²) in [5, 5.41) is 16.3. The third kappa shape index (κ3) is 4.48. The molecule has 8 heteroatoms. The predicted molar refractivity (Wildman–Crippen MR) is 138 cm³/mol. The largest absolute Gasteiger partial charge is 0.394 e. The van der Waals surface area contributed by atoms with E-state index in [9.17, 15) is 19.5 Å². The van der Waals surface area contributed by atoms with E-state index in [1.807, 2.05) is 37.3 Å². The Labute approximate surface area is 212 Å². The Hall–Kier alpha value is -2.06. The summed E-state index contributed by atoms with van der Waals surface area (Å²) < 4.78 is -1.03. The molecule has 1 aromatic rings. The fourth-order valence-corrected chi connectivity index (χ4v) is 8.79. The Kier molecular flexibility index (Phi) is 7.81. The summed E-state index contributed by atoms with van der Waals surface area (Å²) in [4.78, 5) is 42.8. The van der Waals surface area contributed by atoms with Gasteiger partial charge in [0.05, 0.1) is 29.2 Å². The minimum Gasteiger partial charge on any atom is -0.394 e. The van der Waals surface area contributed by atoms with Gasteiger partial charge in [0.2, 0.25) is 17.7 Å². The second-order valence-electron chi connectivity index (χ2n) is 10.4. The van der Waals surface area contributed by atoms with Crippen LogP contribution in [0.5, 0.6) is 0 Å². The fraction of sp³-hybridized carbons (Fsp3) is 0.667. The van der Waals surface area contributed by atoms with E-state index < -0.39 is 33.4 Å². The van der Waals surface area contributed by atoms with Crippen molar-refractivity contribution >= 4 is 29.5 Å². The van der Waals surface area contributed by atoms with Crippen molar-refractivity contribution in [2.75, 3.05) is 13.2 Å². The van der Waals surface area contributed by atoms with Gasteiger partial charge in [-0.15, -0.1) is 11.8 Å². The zero-order valence-electron chi connectivity index (χ0n) is 21.1. The summed E-state index contributed by atoms with van der Waals surface area (Å²) in [5.41, 5.74) is 1.01. The topological polar surface area (TPSA) is 98.7 Å². The molecule has 0 aromatic heterocycles. The summed E-state index contributed by atoms with van der Waals surface area (Å²) in [6, 6.07) is 8.64. The molecule has 0 aliphatic carbocycles. The van der Waals surface area contributed by atoms with Gasteiger partial charge in [0.25, 0.3) is 0 Å². The van der Waals surface area contributed by atoms with Crippen LogP contribution in [0.25, 0.3) is 0 Å². The number of benzene rings is 1. The van der Waals surface area contributed by atoms with Crippen molar-refractivity contribution in [2.45, 2.75) is 87.4 Å². The second kappa shape index (κ2) is 10.5. The SMILES string of the molecule is CCCCCNC(=O)C1N([C@@H](CC)CO)C(=O)[C@@H]2[C@H](C(=O)NCc3ccccc3)[C@]3(C)CCC12S3. The van der Waals surface area contributed by atoms with Crippen LogP contribution in [0.1, 0.15) is 64.9 Å². The van der Waals surface area contributed by atoms with Gasteiger partial charge in [-0.2, -0.15) is 0 Å². The van der Waals surface area contributed by atoms with Gasteiger partial charge in [0, 0.05) is 17.8 Å². The molecule has 4 rings (SSSR count). The van der Waals surface area contributed by atoms with Gasteiger partial charge in [-0.05, 0) is 38.2 Å². The number of amides is 3. The Balaban J connectivity index is 1.63. The molecule has 3 fully saturated rings. The number of hydrogen-bond acceptors (Lipinski definition) is 5. The molecule has 1 aromatic carbocycles. The van der Waals surface area contributed by atoms with Crippen molar-refractivity contribution < 1.29 is 19.5 Å². The molecule has 3 aliphatic heterocycles. The van der Waals surface area contributed by atoms with Crippen molar-refractivity contribution in [3.63, 3.8) is 0 Å². The molecule has 3 amide bonds. The van der Waals surface area contributed by atoms with Gasteiger partial charge in [0.15, 0.2) is 0 Å². The number of aliphatic hydroxyl groups is 1. The summed E-state index contributed by atoms with van der Waals surface area (Å²) >= 11 is 1.67. The Morgan fingerprint density at radius 3 is 2.54 bits per heavy atom. The van der Waals surface area contributed by atoms with Crippen molar-refractivity contribution in [3.05, 3.63) is 35.9 Å². The zero-order chi connectivity index (χ0) is 25.2. The molecule has 0 radical (unpaired) electrons. The highest BCUT2D eigenvalue weighted by atomic mass is 32.2. The number of rotatable bonds is 11. The molecule has 2 bridgehead atoms. The Bertz CT molecular complexity index is 940. The smallest absolute Gasteiger partial charge is 0.244 e. The number of hydrogen-bond donors (Lipinski definition) is 3. The highest BCUT2D eigenvalue weighted by molar-refractivity contribution is 8.02. The quantitative estimate of drug-likeness (QED) is 0.405. The number of fused-ring (bicyclic) bond motifs is 1. The van der Waals surface area contributed by atoms with Crippen molar-refractivity contribution in [2.24, 2.45) is 11.8 Å². The molecule has 1 spiro atoms. The molecular weight excluding hydrogens is 462 g/mol. The molecular formula is C27H39N3O4S. The highest BCUT2D eigenvalue weighted by Gasteiger charge is 2.77. The van der Waals surface area contributed by atoms with Crippen LogP contribution in [-0.4, -0.2) is 62.5 Å². The first-order chi connectivity index (χ1) is 16.8. The highest BCUT2D eigenvalue weighted by Crippen LogP contribution is 2.71. The lowest BCUT2D eigenvalue weighted by Gasteiger charge is -2.36. The van der Waals surface area contributed by atoms with Crippen molar-refractivity contribution in [3.8, 4) is 0 Å². The molecule has 35 heavy (non-hydrogen) atoms. The van der Waals surface area contributed by atoms with Crippen molar-refractivity contribution in [1.29, 1.82) is 0 Å². The second-order valence-corrected chi connectivity index (χ2v) is 12.3. The molecule has 3 saturated heterocycles. The fourth-order valence-electron chi connectivity index (χ4n) is 6.45. The van der Waals surface area contributed by atoms with E-state index in [0.29, 0.717) is 19.5 Å². The number of nitrogens with zero attached hydrogens (tertiary/aromatic N) is 1. The van der Waals surface area contributed by atoms with Gasteiger partial charge in [-0.1, -0.05) is 57.0 Å².